The number of pyridine rings is 1. The fraction of sp³-hybridized carbons (Fsp3) is 0.643. The molecule has 0 amide bonds. The Morgan fingerprint density at radius 2 is 2.06 bits per heavy atom. The number of rotatable bonds is 6. The summed E-state index contributed by atoms with van der Waals surface area (Å²) in [6.45, 7) is 8.82. The minimum Gasteiger partial charge on any atom is -0.492 e. The van der Waals surface area contributed by atoms with E-state index in [0.29, 0.717) is 17.9 Å². The van der Waals surface area contributed by atoms with Crippen LogP contribution in [0.5, 0.6) is 5.75 Å². The maximum atomic E-state index is 10.0. The summed E-state index contributed by atoms with van der Waals surface area (Å²) in [6, 6.07) is 1.80. The first-order valence-electron chi connectivity index (χ1n) is 6.32. The zero-order valence-electron chi connectivity index (χ0n) is 11.6. The van der Waals surface area contributed by atoms with E-state index in [2.05, 4.69) is 4.98 Å². The van der Waals surface area contributed by atoms with E-state index in [1.807, 2.05) is 27.7 Å². The highest BCUT2D eigenvalue weighted by atomic mass is 16.5. The number of aliphatic hydroxyl groups excluding tert-OH is 1. The largest absolute Gasteiger partial charge is 0.492 e. The zero-order chi connectivity index (χ0) is 13.6. The fourth-order valence-corrected chi connectivity index (χ4v) is 1.34. The van der Waals surface area contributed by atoms with Crippen molar-refractivity contribution in [1.82, 2.24) is 4.98 Å². The van der Waals surface area contributed by atoms with Crippen molar-refractivity contribution in [3.63, 3.8) is 0 Å². The van der Waals surface area contributed by atoms with Gasteiger partial charge in [-0.25, -0.2) is 0 Å². The van der Waals surface area contributed by atoms with Crippen molar-refractivity contribution in [3.8, 4) is 5.75 Å². The van der Waals surface area contributed by atoms with E-state index in [1.54, 1.807) is 18.5 Å². The van der Waals surface area contributed by atoms with Crippen LogP contribution in [0, 0.1) is 0 Å². The molecule has 0 aliphatic rings. The molecule has 0 spiro atoms. The summed E-state index contributed by atoms with van der Waals surface area (Å²) in [5, 5.41) is 10.0. The van der Waals surface area contributed by atoms with E-state index in [-0.39, 0.29) is 12.2 Å². The average molecular weight is 253 g/mol. The van der Waals surface area contributed by atoms with Crippen molar-refractivity contribution in [3.05, 3.63) is 24.0 Å². The average Bonchev–Trinajstić information content (AvgIpc) is 2.33. The third-order valence-corrected chi connectivity index (χ3v) is 2.27. The molecule has 0 aliphatic carbocycles. The van der Waals surface area contributed by atoms with Gasteiger partial charge in [0.15, 0.2) is 0 Å². The lowest BCUT2D eigenvalue weighted by molar-refractivity contribution is -0.0497. The van der Waals surface area contributed by atoms with Crippen molar-refractivity contribution >= 4 is 0 Å². The minimum absolute atomic E-state index is 0.252. The van der Waals surface area contributed by atoms with Crippen LogP contribution >= 0.6 is 0 Å². The van der Waals surface area contributed by atoms with Crippen molar-refractivity contribution < 1.29 is 14.6 Å². The molecule has 0 saturated carbocycles. The predicted molar refractivity (Wildman–Crippen MR) is 70.7 cm³/mol. The third-order valence-electron chi connectivity index (χ3n) is 2.27. The van der Waals surface area contributed by atoms with Gasteiger partial charge in [0.2, 0.25) is 0 Å². The van der Waals surface area contributed by atoms with Gasteiger partial charge < -0.3 is 14.6 Å². The van der Waals surface area contributed by atoms with Crippen LogP contribution in [0.4, 0.5) is 0 Å². The Bertz CT molecular complexity index is 360. The van der Waals surface area contributed by atoms with Crippen LogP contribution in [0.15, 0.2) is 18.5 Å². The first-order chi connectivity index (χ1) is 8.42. The smallest absolute Gasteiger partial charge is 0.137 e. The zero-order valence-corrected chi connectivity index (χ0v) is 11.6. The molecule has 0 saturated heterocycles. The van der Waals surface area contributed by atoms with Gasteiger partial charge in [-0.1, -0.05) is 6.92 Å². The highest BCUT2D eigenvalue weighted by Gasteiger charge is 2.15. The number of nitrogens with zero attached hydrogens (tertiary/aromatic N) is 1. The van der Waals surface area contributed by atoms with Gasteiger partial charge in [-0.3, -0.25) is 4.98 Å². The number of aliphatic hydroxyl groups is 1. The van der Waals surface area contributed by atoms with Gasteiger partial charge in [-0.05, 0) is 33.3 Å². The van der Waals surface area contributed by atoms with Gasteiger partial charge in [0.05, 0.1) is 25.0 Å². The van der Waals surface area contributed by atoms with Crippen molar-refractivity contribution in [2.75, 3.05) is 13.2 Å². The number of hydrogen-bond acceptors (Lipinski definition) is 4. The first kappa shape index (κ1) is 14.9. The molecule has 0 fully saturated rings. The molecular weight excluding hydrogens is 230 g/mol. The molecule has 1 rings (SSSR count). The maximum Gasteiger partial charge on any atom is 0.137 e. The standard InChI is InChI=1S/C14H23NO3/c1-5-6-17-12-7-11(8-15-9-12)13(16)10-18-14(2,3)4/h7-9,13,16H,5-6,10H2,1-4H3. The lowest BCUT2D eigenvalue weighted by atomic mass is 10.1. The summed E-state index contributed by atoms with van der Waals surface area (Å²) in [5.74, 6) is 0.684. The molecule has 4 heteroatoms. The molecule has 1 aromatic heterocycles. The predicted octanol–water partition coefficient (Wildman–Crippen LogP) is 2.72. The number of ether oxygens (including phenoxy) is 2. The van der Waals surface area contributed by atoms with Crippen LogP contribution in [0.3, 0.4) is 0 Å². The highest BCUT2D eigenvalue weighted by Crippen LogP contribution is 2.20. The normalized spacial score (nSPS) is 13.4. The summed E-state index contributed by atoms with van der Waals surface area (Å²) < 4.78 is 11.0. The summed E-state index contributed by atoms with van der Waals surface area (Å²) in [5.41, 5.74) is 0.456. The van der Waals surface area contributed by atoms with Crippen molar-refractivity contribution in [1.29, 1.82) is 0 Å². The summed E-state index contributed by atoms with van der Waals surface area (Å²) in [4.78, 5) is 4.06. The second kappa shape index (κ2) is 6.71. The molecule has 1 aromatic rings. The van der Waals surface area contributed by atoms with Crippen LogP contribution < -0.4 is 4.74 Å². The van der Waals surface area contributed by atoms with Crippen molar-refractivity contribution in [2.24, 2.45) is 0 Å². The molecule has 1 atom stereocenters. The van der Waals surface area contributed by atoms with Gasteiger partial charge in [0.25, 0.3) is 0 Å². The number of hydrogen-bond donors (Lipinski definition) is 1. The molecular formula is C14H23NO3. The Morgan fingerprint density at radius 1 is 1.33 bits per heavy atom. The van der Waals surface area contributed by atoms with Gasteiger partial charge >= 0.3 is 0 Å². The van der Waals surface area contributed by atoms with Gasteiger partial charge in [-0.2, -0.15) is 0 Å². The highest BCUT2D eigenvalue weighted by molar-refractivity contribution is 5.25. The maximum absolute atomic E-state index is 10.0. The summed E-state index contributed by atoms with van der Waals surface area (Å²) >= 11 is 0. The molecule has 0 aliphatic heterocycles. The minimum atomic E-state index is -0.679. The second-order valence-electron chi connectivity index (χ2n) is 5.24. The molecule has 0 aromatic carbocycles. The summed E-state index contributed by atoms with van der Waals surface area (Å²) in [7, 11) is 0. The fourth-order valence-electron chi connectivity index (χ4n) is 1.34. The van der Waals surface area contributed by atoms with Crippen LogP contribution in [0.2, 0.25) is 0 Å². The van der Waals surface area contributed by atoms with E-state index >= 15 is 0 Å². The molecule has 102 valence electrons. The van der Waals surface area contributed by atoms with Crippen LogP contribution in [0.25, 0.3) is 0 Å². The van der Waals surface area contributed by atoms with Gasteiger partial charge in [0, 0.05) is 11.8 Å². The van der Waals surface area contributed by atoms with Gasteiger partial charge in [0.1, 0.15) is 11.9 Å². The Morgan fingerprint density at radius 3 is 2.67 bits per heavy atom. The Labute approximate surface area is 109 Å². The van der Waals surface area contributed by atoms with Crippen molar-refractivity contribution in [2.45, 2.75) is 45.8 Å². The number of aromatic nitrogens is 1. The molecule has 0 radical (unpaired) electrons. The Kier molecular flexibility index (Phi) is 5.56. The quantitative estimate of drug-likeness (QED) is 0.847. The molecule has 1 unspecified atom stereocenters. The lowest BCUT2D eigenvalue weighted by Crippen LogP contribution is -2.22. The molecule has 1 heterocycles. The van der Waals surface area contributed by atoms with E-state index in [0.717, 1.165) is 6.42 Å². The third kappa shape index (κ3) is 5.47. The van der Waals surface area contributed by atoms with E-state index in [1.165, 1.54) is 0 Å². The monoisotopic (exact) mass is 253 g/mol. The molecule has 18 heavy (non-hydrogen) atoms. The Hall–Kier alpha value is -1.13. The van der Waals surface area contributed by atoms with E-state index < -0.39 is 6.10 Å². The molecule has 1 N–H and O–H groups in total. The lowest BCUT2D eigenvalue weighted by Gasteiger charge is -2.22. The topological polar surface area (TPSA) is 51.6 Å². The SMILES string of the molecule is CCCOc1cncc(C(O)COC(C)(C)C)c1. The van der Waals surface area contributed by atoms with Crippen LogP contribution in [-0.2, 0) is 4.74 Å². The van der Waals surface area contributed by atoms with E-state index in [4.69, 9.17) is 9.47 Å². The molecule has 4 nitrogen and oxygen atoms in total. The van der Waals surface area contributed by atoms with Gasteiger partial charge in [-0.15, -0.1) is 0 Å². The second-order valence-corrected chi connectivity index (χ2v) is 5.24. The first-order valence-corrected chi connectivity index (χ1v) is 6.32. The van der Waals surface area contributed by atoms with Crippen LogP contribution in [0.1, 0.15) is 45.8 Å². The van der Waals surface area contributed by atoms with E-state index in [9.17, 15) is 5.11 Å². The summed E-state index contributed by atoms with van der Waals surface area (Å²) in [6.07, 6.45) is 3.55. The van der Waals surface area contributed by atoms with Crippen LogP contribution in [-0.4, -0.2) is 28.9 Å². The Balaban J connectivity index is 2.59. The molecule has 0 bridgehead atoms.